The molecule has 0 amide bonds. The number of nitrogens with zero attached hydrogens (tertiary/aromatic N) is 1. The Bertz CT molecular complexity index is 604. The Morgan fingerprint density at radius 1 is 1.07 bits per heavy atom. The number of carbonyl (C=O) groups excluding carboxylic acids is 1. The molecule has 3 nitrogen and oxygen atoms in total. The van der Waals surface area contributed by atoms with Crippen LogP contribution in [0.25, 0.3) is 5.57 Å². The van der Waals surface area contributed by atoms with Gasteiger partial charge in [0.25, 0.3) is 0 Å². The van der Waals surface area contributed by atoms with Crippen molar-refractivity contribution in [2.24, 2.45) is 11.8 Å². The summed E-state index contributed by atoms with van der Waals surface area (Å²) in [5, 5.41) is 0. The van der Waals surface area contributed by atoms with Gasteiger partial charge >= 0.3 is 5.97 Å². The topological polar surface area (TPSA) is 29.5 Å². The van der Waals surface area contributed by atoms with Gasteiger partial charge in [0.2, 0.25) is 0 Å². The van der Waals surface area contributed by atoms with Gasteiger partial charge in [-0.3, -0.25) is 4.79 Å². The smallest absolute Gasteiger partial charge is 0.310 e. The second kappa shape index (κ2) is 10.7. The van der Waals surface area contributed by atoms with Crippen LogP contribution < -0.4 is 0 Å². The van der Waals surface area contributed by atoms with Gasteiger partial charge in [-0.25, -0.2) is 0 Å². The van der Waals surface area contributed by atoms with Crippen molar-refractivity contribution >= 4 is 11.5 Å². The van der Waals surface area contributed by atoms with Crippen LogP contribution in [0, 0.1) is 11.8 Å². The van der Waals surface area contributed by atoms with Crippen molar-refractivity contribution in [2.45, 2.75) is 58.3 Å². The maximum absolute atomic E-state index is 12.1. The molecule has 27 heavy (non-hydrogen) atoms. The monoisotopic (exact) mass is 369 g/mol. The Hall–Kier alpha value is -1.61. The third kappa shape index (κ3) is 5.93. The third-order valence-electron chi connectivity index (χ3n) is 6.09. The standard InChI is InChI=1S/C24H35NO2/c1-2-27-24(26)22-15-9-17-25(19-22)18-10-16-23(20-11-5-3-6-12-20)21-13-7-4-8-14-21/h3,5-6,11-12,16,21-22H,2,4,7-10,13-15,17-19H2,1H3. The Balaban J connectivity index is 1.60. The summed E-state index contributed by atoms with van der Waals surface area (Å²) in [6.45, 7) is 5.38. The molecule has 3 rings (SSSR count). The van der Waals surface area contributed by atoms with Gasteiger partial charge in [-0.2, -0.15) is 0 Å². The fourth-order valence-electron chi connectivity index (χ4n) is 4.68. The van der Waals surface area contributed by atoms with E-state index in [1.165, 1.54) is 37.7 Å². The van der Waals surface area contributed by atoms with Crippen LogP contribution in [-0.2, 0) is 9.53 Å². The van der Waals surface area contributed by atoms with E-state index in [9.17, 15) is 4.79 Å². The zero-order valence-electron chi connectivity index (χ0n) is 16.9. The van der Waals surface area contributed by atoms with E-state index in [4.69, 9.17) is 4.74 Å². The Kier molecular flexibility index (Phi) is 7.94. The van der Waals surface area contributed by atoms with Crippen LogP contribution >= 0.6 is 0 Å². The van der Waals surface area contributed by atoms with Gasteiger partial charge in [-0.05, 0) is 62.6 Å². The average Bonchev–Trinajstić information content (AvgIpc) is 2.73. The van der Waals surface area contributed by atoms with Gasteiger partial charge in [0.15, 0.2) is 0 Å². The van der Waals surface area contributed by atoms with Crippen LogP contribution in [0.4, 0.5) is 0 Å². The summed E-state index contributed by atoms with van der Waals surface area (Å²) in [5.74, 6) is 0.773. The largest absolute Gasteiger partial charge is 0.466 e. The summed E-state index contributed by atoms with van der Waals surface area (Å²) in [7, 11) is 0. The van der Waals surface area contributed by atoms with E-state index < -0.39 is 0 Å². The minimum absolute atomic E-state index is 0.00933. The normalized spacial score (nSPS) is 22.6. The fourth-order valence-corrected chi connectivity index (χ4v) is 4.68. The summed E-state index contributed by atoms with van der Waals surface area (Å²) >= 11 is 0. The molecule has 2 aliphatic rings. The molecule has 148 valence electrons. The summed E-state index contributed by atoms with van der Waals surface area (Å²) in [6, 6.07) is 10.9. The lowest BCUT2D eigenvalue weighted by Gasteiger charge is -2.31. The molecule has 1 aliphatic carbocycles. The first-order valence-electron chi connectivity index (χ1n) is 10.9. The van der Waals surface area contributed by atoms with Gasteiger partial charge < -0.3 is 9.64 Å². The van der Waals surface area contributed by atoms with E-state index in [1.807, 2.05) is 6.92 Å². The molecule has 2 fully saturated rings. The lowest BCUT2D eigenvalue weighted by atomic mass is 9.80. The number of hydrogen-bond acceptors (Lipinski definition) is 3. The molecule has 1 saturated carbocycles. The van der Waals surface area contributed by atoms with E-state index in [0.29, 0.717) is 6.61 Å². The van der Waals surface area contributed by atoms with Crippen LogP contribution in [0.5, 0.6) is 0 Å². The molecule has 0 N–H and O–H groups in total. The van der Waals surface area contributed by atoms with Crippen molar-refractivity contribution in [1.82, 2.24) is 4.90 Å². The number of likely N-dealkylation sites (tertiary alicyclic amines) is 1. The second-order valence-corrected chi connectivity index (χ2v) is 8.04. The summed E-state index contributed by atoms with van der Waals surface area (Å²) in [4.78, 5) is 14.5. The van der Waals surface area contributed by atoms with Crippen LogP contribution in [0.3, 0.4) is 0 Å². The molecule has 1 atom stereocenters. The Morgan fingerprint density at radius 3 is 2.56 bits per heavy atom. The van der Waals surface area contributed by atoms with Crippen molar-refractivity contribution in [3.05, 3.63) is 42.0 Å². The van der Waals surface area contributed by atoms with E-state index in [2.05, 4.69) is 41.3 Å². The quantitative estimate of drug-likeness (QED) is 0.610. The first-order chi connectivity index (χ1) is 13.3. The highest BCUT2D eigenvalue weighted by Crippen LogP contribution is 2.35. The minimum Gasteiger partial charge on any atom is -0.466 e. The third-order valence-corrected chi connectivity index (χ3v) is 6.09. The molecule has 1 heterocycles. The molecular weight excluding hydrogens is 334 g/mol. The van der Waals surface area contributed by atoms with E-state index in [0.717, 1.165) is 44.8 Å². The molecule has 1 aromatic carbocycles. The number of carbonyl (C=O) groups is 1. The van der Waals surface area contributed by atoms with Crippen molar-refractivity contribution in [3.8, 4) is 0 Å². The summed E-state index contributed by atoms with van der Waals surface area (Å²) < 4.78 is 5.23. The summed E-state index contributed by atoms with van der Waals surface area (Å²) in [5.41, 5.74) is 2.95. The molecule has 0 radical (unpaired) electrons. The SMILES string of the molecule is CCOC(=O)C1CCCN(CCC=C(c2ccccc2)C2CCCCC2)C1. The zero-order chi connectivity index (χ0) is 18.9. The number of benzene rings is 1. The first-order valence-corrected chi connectivity index (χ1v) is 10.9. The van der Waals surface area contributed by atoms with Gasteiger partial charge in [-0.1, -0.05) is 55.7 Å². The molecule has 1 aliphatic heterocycles. The van der Waals surface area contributed by atoms with Crippen LogP contribution in [0.15, 0.2) is 36.4 Å². The van der Waals surface area contributed by atoms with Crippen molar-refractivity contribution in [3.63, 3.8) is 0 Å². The Labute approximate surface area is 164 Å². The van der Waals surface area contributed by atoms with Gasteiger partial charge in [0.05, 0.1) is 12.5 Å². The van der Waals surface area contributed by atoms with Gasteiger partial charge in [0.1, 0.15) is 0 Å². The fraction of sp³-hybridized carbons (Fsp3) is 0.625. The first kappa shape index (κ1) is 20.1. The van der Waals surface area contributed by atoms with Crippen LogP contribution in [-0.4, -0.2) is 37.1 Å². The average molecular weight is 370 g/mol. The van der Waals surface area contributed by atoms with Crippen molar-refractivity contribution in [2.75, 3.05) is 26.2 Å². The number of piperidine rings is 1. The molecule has 1 aromatic rings. The minimum atomic E-state index is -0.00933. The van der Waals surface area contributed by atoms with E-state index in [1.54, 1.807) is 5.57 Å². The maximum atomic E-state index is 12.1. The van der Waals surface area contributed by atoms with Crippen molar-refractivity contribution in [1.29, 1.82) is 0 Å². The van der Waals surface area contributed by atoms with Gasteiger partial charge in [-0.15, -0.1) is 0 Å². The van der Waals surface area contributed by atoms with Crippen LogP contribution in [0.1, 0.15) is 63.9 Å². The number of rotatable bonds is 7. The number of allylic oxidation sites excluding steroid dienone is 1. The lowest BCUT2D eigenvalue weighted by Crippen LogP contribution is -2.39. The molecular formula is C24H35NO2. The molecule has 0 aromatic heterocycles. The highest BCUT2D eigenvalue weighted by atomic mass is 16.5. The second-order valence-electron chi connectivity index (χ2n) is 8.04. The van der Waals surface area contributed by atoms with Crippen molar-refractivity contribution < 1.29 is 9.53 Å². The molecule has 0 spiro atoms. The van der Waals surface area contributed by atoms with Gasteiger partial charge in [0, 0.05) is 13.1 Å². The Morgan fingerprint density at radius 2 is 1.81 bits per heavy atom. The summed E-state index contributed by atoms with van der Waals surface area (Å²) in [6.07, 6.45) is 12.4. The van der Waals surface area contributed by atoms with E-state index in [-0.39, 0.29) is 11.9 Å². The lowest BCUT2D eigenvalue weighted by molar-refractivity contribution is -0.149. The highest BCUT2D eigenvalue weighted by molar-refractivity contribution is 5.72. The zero-order valence-corrected chi connectivity index (χ0v) is 16.9. The highest BCUT2D eigenvalue weighted by Gasteiger charge is 2.26. The molecule has 3 heteroatoms. The number of hydrogen-bond donors (Lipinski definition) is 0. The van der Waals surface area contributed by atoms with E-state index >= 15 is 0 Å². The molecule has 1 unspecified atom stereocenters. The maximum Gasteiger partial charge on any atom is 0.310 e. The number of esters is 1. The van der Waals surface area contributed by atoms with Crippen LogP contribution in [0.2, 0.25) is 0 Å². The number of ether oxygens (including phenoxy) is 1. The predicted molar refractivity (Wildman–Crippen MR) is 111 cm³/mol. The molecule has 0 bridgehead atoms. The predicted octanol–water partition coefficient (Wildman–Crippen LogP) is 5.32. The molecule has 1 saturated heterocycles.